The Morgan fingerprint density at radius 2 is 1.91 bits per heavy atom. The summed E-state index contributed by atoms with van der Waals surface area (Å²) in [6.45, 7) is -2.18. The Morgan fingerprint density at radius 1 is 1.32 bits per heavy atom. The quantitative estimate of drug-likeness (QED) is 0.614. The van der Waals surface area contributed by atoms with Gasteiger partial charge in [-0.15, -0.1) is 13.2 Å². The van der Waals surface area contributed by atoms with Gasteiger partial charge in [-0.05, 0) is 19.1 Å². The van der Waals surface area contributed by atoms with Gasteiger partial charge in [-0.3, -0.25) is 0 Å². The van der Waals surface area contributed by atoms with E-state index in [-0.39, 0.29) is 6.61 Å². The van der Waals surface area contributed by atoms with E-state index in [0.29, 0.717) is 12.1 Å². The Balaban J connectivity index is 3.46. The zero-order valence-corrected chi connectivity index (χ0v) is 10.9. The van der Waals surface area contributed by atoms with Gasteiger partial charge in [-0.2, -0.15) is 14.0 Å². The molecule has 1 aromatic rings. The fourth-order valence-corrected chi connectivity index (χ4v) is 1.49. The molecule has 0 aliphatic heterocycles. The number of carbonyl (C=O) groups is 1. The molecular formula is C12H8F5NO4. The van der Waals surface area contributed by atoms with Crippen molar-refractivity contribution in [2.75, 3.05) is 6.61 Å². The summed E-state index contributed by atoms with van der Waals surface area (Å²) in [6, 6.07) is 2.57. The maximum absolute atomic E-state index is 12.3. The van der Waals surface area contributed by atoms with Crippen molar-refractivity contribution in [3.63, 3.8) is 0 Å². The van der Waals surface area contributed by atoms with Crippen molar-refractivity contribution in [1.29, 1.82) is 5.26 Å². The van der Waals surface area contributed by atoms with E-state index in [2.05, 4.69) is 14.2 Å². The summed E-state index contributed by atoms with van der Waals surface area (Å²) >= 11 is 0. The predicted molar refractivity (Wildman–Crippen MR) is 60.4 cm³/mol. The monoisotopic (exact) mass is 325 g/mol. The Labute approximate surface area is 120 Å². The average Bonchev–Trinajstić information content (AvgIpc) is 2.37. The highest BCUT2D eigenvalue weighted by molar-refractivity contribution is 5.96. The summed E-state index contributed by atoms with van der Waals surface area (Å²) in [5.74, 6) is -3.16. The van der Waals surface area contributed by atoms with Gasteiger partial charge < -0.3 is 14.2 Å². The molecule has 0 amide bonds. The van der Waals surface area contributed by atoms with Crippen LogP contribution in [0.4, 0.5) is 22.0 Å². The van der Waals surface area contributed by atoms with Crippen LogP contribution in [0.25, 0.3) is 0 Å². The van der Waals surface area contributed by atoms with Crippen LogP contribution < -0.4 is 9.47 Å². The number of esters is 1. The lowest BCUT2D eigenvalue weighted by molar-refractivity contribution is -0.274. The largest absolute Gasteiger partial charge is 0.573 e. The standard InChI is InChI=1S/C12H8F5NO4/c1-2-20-10(19)9-6(5-18)7(21-11(13)14)3-4-8(9)22-12(15,16)17/h3-4,11H,2H2,1H3. The highest BCUT2D eigenvalue weighted by atomic mass is 19.4. The number of nitriles is 1. The second-order valence-corrected chi connectivity index (χ2v) is 3.57. The van der Waals surface area contributed by atoms with Gasteiger partial charge in [0.2, 0.25) is 0 Å². The van der Waals surface area contributed by atoms with Crippen molar-refractivity contribution in [2.45, 2.75) is 19.9 Å². The minimum absolute atomic E-state index is 0.213. The van der Waals surface area contributed by atoms with Crippen LogP contribution in [0.1, 0.15) is 22.8 Å². The third-order valence-electron chi connectivity index (χ3n) is 2.16. The minimum atomic E-state index is -5.15. The van der Waals surface area contributed by atoms with E-state index < -0.39 is 41.6 Å². The van der Waals surface area contributed by atoms with Crippen LogP contribution in [0, 0.1) is 11.3 Å². The van der Waals surface area contributed by atoms with Gasteiger partial charge in [0.15, 0.2) is 0 Å². The number of halogens is 5. The maximum Gasteiger partial charge on any atom is 0.573 e. The van der Waals surface area contributed by atoms with Gasteiger partial charge in [-0.25, -0.2) is 4.79 Å². The molecule has 0 N–H and O–H groups in total. The van der Waals surface area contributed by atoms with Crippen LogP contribution in [0.5, 0.6) is 11.5 Å². The lowest BCUT2D eigenvalue weighted by atomic mass is 10.1. The van der Waals surface area contributed by atoms with Crippen molar-refractivity contribution < 1.29 is 41.0 Å². The van der Waals surface area contributed by atoms with Crippen LogP contribution in [-0.2, 0) is 4.74 Å². The van der Waals surface area contributed by atoms with Gasteiger partial charge in [-0.1, -0.05) is 0 Å². The Bertz CT molecular complexity index is 594. The molecule has 5 nitrogen and oxygen atoms in total. The molecular weight excluding hydrogens is 317 g/mol. The van der Waals surface area contributed by atoms with E-state index in [1.165, 1.54) is 13.0 Å². The molecule has 0 bridgehead atoms. The zero-order valence-electron chi connectivity index (χ0n) is 10.9. The summed E-state index contributed by atoms with van der Waals surface area (Å²) in [5, 5.41) is 8.93. The number of hydrogen-bond acceptors (Lipinski definition) is 5. The third kappa shape index (κ3) is 4.47. The van der Waals surface area contributed by atoms with Gasteiger partial charge in [0.05, 0.1) is 6.61 Å². The highest BCUT2D eigenvalue weighted by Crippen LogP contribution is 2.34. The molecule has 0 unspecified atom stereocenters. The summed E-state index contributed by atoms with van der Waals surface area (Å²) < 4.78 is 73.5. The second-order valence-electron chi connectivity index (χ2n) is 3.57. The summed E-state index contributed by atoms with van der Waals surface area (Å²) in [6.07, 6.45) is -5.15. The van der Waals surface area contributed by atoms with Crippen LogP contribution in [0.15, 0.2) is 12.1 Å². The summed E-state index contributed by atoms with van der Waals surface area (Å²) in [5.41, 5.74) is -1.79. The number of nitrogens with zero attached hydrogens (tertiary/aromatic N) is 1. The van der Waals surface area contributed by atoms with Crippen molar-refractivity contribution in [3.8, 4) is 17.6 Å². The first kappa shape index (κ1) is 17.5. The van der Waals surface area contributed by atoms with Crippen LogP contribution in [0.3, 0.4) is 0 Å². The lowest BCUT2D eigenvalue weighted by Gasteiger charge is -2.15. The smallest absolute Gasteiger partial charge is 0.462 e. The van der Waals surface area contributed by atoms with Crippen LogP contribution in [-0.4, -0.2) is 25.6 Å². The second kappa shape index (κ2) is 6.93. The zero-order chi connectivity index (χ0) is 16.9. The van der Waals surface area contributed by atoms with Crippen molar-refractivity contribution in [3.05, 3.63) is 23.3 Å². The summed E-state index contributed by atoms with van der Waals surface area (Å²) in [4.78, 5) is 11.7. The van der Waals surface area contributed by atoms with Crippen LogP contribution >= 0.6 is 0 Å². The first-order valence-corrected chi connectivity index (χ1v) is 5.64. The van der Waals surface area contributed by atoms with Crippen molar-refractivity contribution >= 4 is 5.97 Å². The lowest BCUT2D eigenvalue weighted by Crippen LogP contribution is -2.20. The number of alkyl halides is 5. The number of ether oxygens (including phenoxy) is 3. The van der Waals surface area contributed by atoms with E-state index in [4.69, 9.17) is 5.26 Å². The first-order chi connectivity index (χ1) is 10.2. The number of hydrogen-bond donors (Lipinski definition) is 0. The topological polar surface area (TPSA) is 68.6 Å². The molecule has 1 rings (SSSR count). The van der Waals surface area contributed by atoms with Crippen molar-refractivity contribution in [2.24, 2.45) is 0 Å². The fourth-order valence-electron chi connectivity index (χ4n) is 1.49. The molecule has 0 aliphatic rings. The molecule has 0 atom stereocenters. The Kier molecular flexibility index (Phi) is 5.50. The molecule has 0 saturated carbocycles. The SMILES string of the molecule is CCOC(=O)c1c(OC(F)(F)F)ccc(OC(F)F)c1C#N. The molecule has 1 aromatic carbocycles. The Morgan fingerprint density at radius 3 is 2.36 bits per heavy atom. The molecule has 0 aliphatic carbocycles. The van der Waals surface area contributed by atoms with Gasteiger partial charge in [0, 0.05) is 0 Å². The van der Waals surface area contributed by atoms with Gasteiger partial charge in [0.1, 0.15) is 28.7 Å². The Hall–Kier alpha value is -2.57. The number of rotatable bonds is 5. The molecule has 10 heteroatoms. The molecule has 0 saturated heterocycles. The molecule has 120 valence electrons. The van der Waals surface area contributed by atoms with Gasteiger partial charge >= 0.3 is 18.9 Å². The minimum Gasteiger partial charge on any atom is -0.462 e. The third-order valence-corrected chi connectivity index (χ3v) is 2.16. The van der Waals surface area contributed by atoms with E-state index in [1.54, 1.807) is 0 Å². The summed E-state index contributed by atoms with van der Waals surface area (Å²) in [7, 11) is 0. The first-order valence-electron chi connectivity index (χ1n) is 5.64. The van der Waals surface area contributed by atoms with E-state index >= 15 is 0 Å². The number of carbonyl (C=O) groups excluding carboxylic acids is 1. The average molecular weight is 325 g/mol. The molecule has 0 fully saturated rings. The molecule has 0 heterocycles. The van der Waals surface area contributed by atoms with E-state index in [9.17, 15) is 26.7 Å². The fraction of sp³-hybridized carbons (Fsp3) is 0.333. The molecule has 0 spiro atoms. The molecule has 0 radical (unpaired) electrons. The molecule has 0 aromatic heterocycles. The predicted octanol–water partition coefficient (Wildman–Crippen LogP) is 3.23. The number of benzene rings is 1. The van der Waals surface area contributed by atoms with E-state index in [1.807, 2.05) is 0 Å². The highest BCUT2D eigenvalue weighted by Gasteiger charge is 2.35. The van der Waals surface area contributed by atoms with Crippen LogP contribution in [0.2, 0.25) is 0 Å². The van der Waals surface area contributed by atoms with Crippen molar-refractivity contribution in [1.82, 2.24) is 0 Å². The maximum atomic E-state index is 12.3. The normalized spacial score (nSPS) is 11.0. The molecule has 22 heavy (non-hydrogen) atoms. The van der Waals surface area contributed by atoms with E-state index in [0.717, 1.165) is 0 Å². The van der Waals surface area contributed by atoms with Gasteiger partial charge in [0.25, 0.3) is 0 Å².